The summed E-state index contributed by atoms with van der Waals surface area (Å²) in [5.41, 5.74) is 1.03. The average molecular weight is 282 g/mol. The van der Waals surface area contributed by atoms with Gasteiger partial charge in [-0.05, 0) is 12.8 Å². The SMILES string of the molecule is COC1(c2nc(CNC(C)C)cs2)CCCCCC1. The molecule has 1 fully saturated rings. The van der Waals surface area contributed by atoms with Gasteiger partial charge in [-0.15, -0.1) is 11.3 Å². The van der Waals surface area contributed by atoms with Crippen LogP contribution in [0.1, 0.15) is 63.1 Å². The Kier molecular flexibility index (Phi) is 5.37. The van der Waals surface area contributed by atoms with Gasteiger partial charge >= 0.3 is 0 Å². The Hall–Kier alpha value is -0.450. The molecule has 2 rings (SSSR count). The summed E-state index contributed by atoms with van der Waals surface area (Å²) in [6.45, 7) is 5.18. The van der Waals surface area contributed by atoms with Gasteiger partial charge in [0.25, 0.3) is 0 Å². The van der Waals surface area contributed by atoms with E-state index in [0.29, 0.717) is 6.04 Å². The maximum atomic E-state index is 5.91. The number of rotatable bonds is 5. The molecule has 0 aromatic carbocycles. The number of aromatic nitrogens is 1. The molecule has 1 aliphatic rings. The van der Waals surface area contributed by atoms with Gasteiger partial charge in [-0.3, -0.25) is 0 Å². The van der Waals surface area contributed by atoms with E-state index in [4.69, 9.17) is 9.72 Å². The third kappa shape index (κ3) is 3.77. The van der Waals surface area contributed by atoms with Crippen molar-refractivity contribution < 1.29 is 4.74 Å². The van der Waals surface area contributed by atoms with Gasteiger partial charge in [-0.2, -0.15) is 0 Å². The highest BCUT2D eigenvalue weighted by molar-refractivity contribution is 7.09. The molecule has 0 bridgehead atoms. The molecule has 108 valence electrons. The quantitative estimate of drug-likeness (QED) is 0.833. The summed E-state index contributed by atoms with van der Waals surface area (Å²) < 4.78 is 5.91. The van der Waals surface area contributed by atoms with E-state index in [-0.39, 0.29) is 5.60 Å². The smallest absolute Gasteiger partial charge is 0.125 e. The van der Waals surface area contributed by atoms with Crippen molar-refractivity contribution in [2.75, 3.05) is 7.11 Å². The van der Waals surface area contributed by atoms with Crippen molar-refractivity contribution in [2.45, 2.75) is 70.6 Å². The summed E-state index contributed by atoms with van der Waals surface area (Å²) >= 11 is 1.76. The second kappa shape index (κ2) is 6.82. The van der Waals surface area contributed by atoms with Gasteiger partial charge < -0.3 is 10.1 Å². The van der Waals surface area contributed by atoms with Crippen molar-refractivity contribution in [3.05, 3.63) is 16.1 Å². The van der Waals surface area contributed by atoms with E-state index in [1.165, 1.54) is 30.7 Å². The normalized spacial score (nSPS) is 19.6. The van der Waals surface area contributed by atoms with Crippen LogP contribution in [-0.2, 0) is 16.9 Å². The highest BCUT2D eigenvalue weighted by Gasteiger charge is 2.35. The summed E-state index contributed by atoms with van der Waals surface area (Å²) in [5, 5.41) is 6.78. The molecule has 1 aliphatic carbocycles. The van der Waals surface area contributed by atoms with Crippen molar-refractivity contribution in [2.24, 2.45) is 0 Å². The number of hydrogen-bond acceptors (Lipinski definition) is 4. The van der Waals surface area contributed by atoms with Crippen molar-refractivity contribution in [3.63, 3.8) is 0 Å². The second-order valence-corrected chi connectivity index (χ2v) is 6.65. The predicted molar refractivity (Wildman–Crippen MR) is 80.5 cm³/mol. The van der Waals surface area contributed by atoms with E-state index < -0.39 is 0 Å². The molecular formula is C15H26N2OS. The molecule has 0 spiro atoms. The lowest BCUT2D eigenvalue weighted by Gasteiger charge is -2.29. The molecule has 1 N–H and O–H groups in total. The first-order valence-corrected chi connectivity index (χ1v) is 8.28. The largest absolute Gasteiger partial charge is 0.371 e. The van der Waals surface area contributed by atoms with Gasteiger partial charge in [0.2, 0.25) is 0 Å². The predicted octanol–water partition coefficient (Wildman–Crippen LogP) is 3.84. The molecular weight excluding hydrogens is 256 g/mol. The standard InChI is InChI=1S/C15H26N2OS/c1-12(2)16-10-13-11-19-14(17-13)15(18-3)8-6-4-5-7-9-15/h11-12,16H,4-10H2,1-3H3. The highest BCUT2D eigenvalue weighted by atomic mass is 32.1. The minimum Gasteiger partial charge on any atom is -0.371 e. The van der Waals surface area contributed by atoms with Crippen molar-refractivity contribution in [1.29, 1.82) is 0 Å². The molecule has 1 saturated carbocycles. The Balaban J connectivity index is 2.09. The van der Waals surface area contributed by atoms with E-state index >= 15 is 0 Å². The molecule has 19 heavy (non-hydrogen) atoms. The fourth-order valence-electron chi connectivity index (χ4n) is 2.71. The molecule has 0 radical (unpaired) electrons. The summed E-state index contributed by atoms with van der Waals surface area (Å²) in [6.07, 6.45) is 7.42. The van der Waals surface area contributed by atoms with Crippen molar-refractivity contribution in [1.82, 2.24) is 10.3 Å². The molecule has 0 unspecified atom stereocenters. The van der Waals surface area contributed by atoms with E-state index in [9.17, 15) is 0 Å². The van der Waals surface area contributed by atoms with Crippen LogP contribution in [0.25, 0.3) is 0 Å². The minimum atomic E-state index is -0.114. The second-order valence-electron chi connectivity index (χ2n) is 5.79. The molecule has 1 aromatic heterocycles. The van der Waals surface area contributed by atoms with E-state index in [1.54, 1.807) is 11.3 Å². The van der Waals surface area contributed by atoms with Crippen LogP contribution < -0.4 is 5.32 Å². The van der Waals surface area contributed by atoms with Crippen LogP contribution >= 0.6 is 11.3 Å². The number of nitrogens with one attached hydrogen (secondary N) is 1. The molecule has 1 heterocycles. The zero-order valence-electron chi connectivity index (χ0n) is 12.4. The monoisotopic (exact) mass is 282 g/mol. The molecule has 0 atom stereocenters. The van der Waals surface area contributed by atoms with Gasteiger partial charge in [0.15, 0.2) is 0 Å². The minimum absolute atomic E-state index is 0.114. The zero-order valence-corrected chi connectivity index (χ0v) is 13.2. The first kappa shape index (κ1) is 14.9. The third-order valence-corrected chi connectivity index (χ3v) is 5.01. The lowest BCUT2D eigenvalue weighted by Crippen LogP contribution is -2.28. The van der Waals surface area contributed by atoms with Gasteiger partial charge in [-0.1, -0.05) is 39.5 Å². The maximum Gasteiger partial charge on any atom is 0.125 e. The molecule has 0 saturated heterocycles. The third-order valence-electron chi connectivity index (χ3n) is 3.93. The molecule has 4 heteroatoms. The molecule has 0 amide bonds. The van der Waals surface area contributed by atoms with Crippen LogP contribution in [0.3, 0.4) is 0 Å². The van der Waals surface area contributed by atoms with Crippen LogP contribution in [0.4, 0.5) is 0 Å². The lowest BCUT2D eigenvalue weighted by atomic mass is 9.95. The first-order chi connectivity index (χ1) is 9.16. The Bertz CT molecular complexity index is 381. The number of nitrogens with zero attached hydrogens (tertiary/aromatic N) is 1. The Morgan fingerprint density at radius 3 is 2.58 bits per heavy atom. The summed E-state index contributed by atoms with van der Waals surface area (Å²) in [7, 11) is 1.85. The van der Waals surface area contributed by atoms with Crippen LogP contribution in [0, 0.1) is 0 Å². The van der Waals surface area contributed by atoms with Crippen molar-refractivity contribution >= 4 is 11.3 Å². The lowest BCUT2D eigenvalue weighted by molar-refractivity contribution is -0.0280. The first-order valence-electron chi connectivity index (χ1n) is 7.40. The van der Waals surface area contributed by atoms with Gasteiger partial charge in [-0.25, -0.2) is 4.98 Å². The van der Waals surface area contributed by atoms with E-state index in [1.807, 2.05) is 7.11 Å². The van der Waals surface area contributed by atoms with Crippen LogP contribution in [0.5, 0.6) is 0 Å². The number of methoxy groups -OCH3 is 1. The zero-order chi connectivity index (χ0) is 13.7. The van der Waals surface area contributed by atoms with Gasteiger partial charge in [0, 0.05) is 25.1 Å². The van der Waals surface area contributed by atoms with Crippen LogP contribution in [-0.4, -0.2) is 18.1 Å². The van der Waals surface area contributed by atoms with Gasteiger partial charge in [0.1, 0.15) is 10.6 Å². The van der Waals surface area contributed by atoms with Crippen LogP contribution in [0.15, 0.2) is 5.38 Å². The summed E-state index contributed by atoms with van der Waals surface area (Å²) in [4.78, 5) is 4.82. The Labute approximate surface area is 120 Å². The van der Waals surface area contributed by atoms with Crippen LogP contribution in [0.2, 0.25) is 0 Å². The Morgan fingerprint density at radius 1 is 1.32 bits per heavy atom. The maximum absolute atomic E-state index is 5.91. The number of hydrogen-bond donors (Lipinski definition) is 1. The summed E-state index contributed by atoms with van der Waals surface area (Å²) in [6, 6.07) is 0.499. The Morgan fingerprint density at radius 2 is 2.00 bits per heavy atom. The van der Waals surface area contributed by atoms with E-state index in [2.05, 4.69) is 24.5 Å². The topological polar surface area (TPSA) is 34.1 Å². The van der Waals surface area contributed by atoms with Gasteiger partial charge in [0.05, 0.1) is 5.69 Å². The van der Waals surface area contributed by atoms with E-state index in [0.717, 1.165) is 25.1 Å². The molecule has 0 aliphatic heterocycles. The fourth-order valence-corrected chi connectivity index (χ4v) is 3.77. The highest BCUT2D eigenvalue weighted by Crippen LogP contribution is 2.40. The van der Waals surface area contributed by atoms with Crippen molar-refractivity contribution in [3.8, 4) is 0 Å². The molecule has 3 nitrogen and oxygen atoms in total. The fraction of sp³-hybridized carbons (Fsp3) is 0.800. The summed E-state index contributed by atoms with van der Waals surface area (Å²) in [5.74, 6) is 0. The number of thiazole rings is 1. The molecule has 1 aromatic rings. The average Bonchev–Trinajstić information content (AvgIpc) is 2.74. The number of ether oxygens (including phenoxy) is 1.